The van der Waals surface area contributed by atoms with Crippen LogP contribution < -0.4 is 10.5 Å². The predicted molar refractivity (Wildman–Crippen MR) is 80.8 cm³/mol. The van der Waals surface area contributed by atoms with Gasteiger partial charge in [-0.05, 0) is 48.4 Å². The van der Waals surface area contributed by atoms with Crippen LogP contribution in [0, 0.1) is 18.3 Å². The summed E-state index contributed by atoms with van der Waals surface area (Å²) in [4.78, 5) is 0.136. The van der Waals surface area contributed by atoms with Gasteiger partial charge in [-0.3, -0.25) is 0 Å². The fourth-order valence-electron chi connectivity index (χ4n) is 1.94. The van der Waals surface area contributed by atoms with Crippen LogP contribution in [-0.4, -0.2) is 8.42 Å². The van der Waals surface area contributed by atoms with Gasteiger partial charge in [-0.15, -0.1) is 0 Å². The lowest BCUT2D eigenvalue weighted by Gasteiger charge is -2.09. The van der Waals surface area contributed by atoms with Crippen molar-refractivity contribution in [3.63, 3.8) is 0 Å². The Hall–Kier alpha value is -2.36. The molecule has 0 bridgehead atoms. The summed E-state index contributed by atoms with van der Waals surface area (Å²) in [5.74, 6) is 0. The lowest BCUT2D eigenvalue weighted by atomic mass is 10.1. The molecule has 21 heavy (non-hydrogen) atoms. The zero-order valence-electron chi connectivity index (χ0n) is 11.5. The molecule has 3 N–H and O–H groups in total. The summed E-state index contributed by atoms with van der Waals surface area (Å²) in [6.07, 6.45) is 0. The lowest BCUT2D eigenvalue weighted by Crippen LogP contribution is -2.23. The van der Waals surface area contributed by atoms with Gasteiger partial charge in [0.15, 0.2) is 0 Å². The van der Waals surface area contributed by atoms with Crippen molar-refractivity contribution in [1.29, 1.82) is 5.26 Å². The molecule has 0 saturated heterocycles. The summed E-state index contributed by atoms with van der Waals surface area (Å²) >= 11 is 0. The third kappa shape index (κ3) is 3.81. The van der Waals surface area contributed by atoms with Gasteiger partial charge in [-0.2, -0.15) is 5.26 Å². The van der Waals surface area contributed by atoms with Crippen molar-refractivity contribution >= 4 is 15.7 Å². The molecule has 0 spiro atoms. The molecule has 0 amide bonds. The SMILES string of the molecule is Cc1cc(N)cc(S(=O)(=O)NCc2cccc(C#N)c2)c1. The van der Waals surface area contributed by atoms with E-state index in [1.54, 1.807) is 43.3 Å². The number of anilines is 1. The van der Waals surface area contributed by atoms with Crippen LogP contribution in [0.4, 0.5) is 5.69 Å². The first kappa shape index (κ1) is 15.0. The number of aryl methyl sites for hydroxylation is 1. The van der Waals surface area contributed by atoms with Crippen LogP contribution in [0.1, 0.15) is 16.7 Å². The molecule has 0 atom stereocenters. The average molecular weight is 301 g/mol. The van der Waals surface area contributed by atoms with Crippen LogP contribution in [-0.2, 0) is 16.6 Å². The Bertz CT molecular complexity index is 788. The van der Waals surface area contributed by atoms with Gasteiger partial charge in [0.2, 0.25) is 10.0 Å². The molecule has 0 fully saturated rings. The Kier molecular flexibility index (Phi) is 4.26. The molecule has 0 heterocycles. The molecule has 6 heteroatoms. The number of sulfonamides is 1. The molecule has 0 saturated carbocycles. The minimum absolute atomic E-state index is 0.117. The Morgan fingerprint density at radius 3 is 2.67 bits per heavy atom. The van der Waals surface area contributed by atoms with Crippen molar-refractivity contribution < 1.29 is 8.42 Å². The van der Waals surface area contributed by atoms with Crippen LogP contribution in [0.2, 0.25) is 0 Å². The summed E-state index contributed by atoms with van der Waals surface area (Å²) < 4.78 is 27.0. The molecule has 0 aliphatic rings. The normalized spacial score (nSPS) is 11.0. The van der Waals surface area contributed by atoms with Crippen LogP contribution >= 0.6 is 0 Å². The Morgan fingerprint density at radius 1 is 1.24 bits per heavy atom. The van der Waals surface area contributed by atoms with Gasteiger partial charge in [-0.25, -0.2) is 13.1 Å². The summed E-state index contributed by atoms with van der Waals surface area (Å²) in [5.41, 5.74) is 8.07. The largest absolute Gasteiger partial charge is 0.399 e. The maximum absolute atomic E-state index is 12.2. The fourth-order valence-corrected chi connectivity index (χ4v) is 3.10. The van der Waals surface area contributed by atoms with E-state index in [4.69, 9.17) is 11.0 Å². The van der Waals surface area contributed by atoms with Crippen LogP contribution in [0.5, 0.6) is 0 Å². The highest BCUT2D eigenvalue weighted by molar-refractivity contribution is 7.89. The molecule has 2 rings (SSSR count). The third-order valence-electron chi connectivity index (χ3n) is 2.91. The monoisotopic (exact) mass is 301 g/mol. The van der Waals surface area contributed by atoms with E-state index in [0.717, 1.165) is 11.1 Å². The van der Waals surface area contributed by atoms with Crippen molar-refractivity contribution in [3.8, 4) is 6.07 Å². The van der Waals surface area contributed by atoms with E-state index < -0.39 is 10.0 Å². The topological polar surface area (TPSA) is 96.0 Å². The zero-order valence-corrected chi connectivity index (χ0v) is 12.3. The number of benzene rings is 2. The van der Waals surface area contributed by atoms with Crippen molar-refractivity contribution in [1.82, 2.24) is 4.72 Å². The van der Waals surface area contributed by atoms with E-state index in [1.165, 1.54) is 6.07 Å². The second kappa shape index (κ2) is 5.95. The van der Waals surface area contributed by atoms with Gasteiger partial charge in [0, 0.05) is 12.2 Å². The Balaban J connectivity index is 2.20. The number of nitrogen functional groups attached to an aromatic ring is 1. The summed E-state index contributed by atoms with van der Waals surface area (Å²) in [7, 11) is -3.64. The van der Waals surface area contributed by atoms with Crippen molar-refractivity contribution in [3.05, 3.63) is 59.2 Å². The third-order valence-corrected chi connectivity index (χ3v) is 4.29. The quantitative estimate of drug-likeness (QED) is 0.843. The Labute approximate surface area is 124 Å². The van der Waals surface area contributed by atoms with Gasteiger partial charge in [0.1, 0.15) is 0 Å². The van der Waals surface area contributed by atoms with Gasteiger partial charge in [0.25, 0.3) is 0 Å². The number of hydrogen-bond acceptors (Lipinski definition) is 4. The minimum atomic E-state index is -3.64. The molecular weight excluding hydrogens is 286 g/mol. The summed E-state index contributed by atoms with van der Waals surface area (Å²) in [6, 6.07) is 13.5. The zero-order chi connectivity index (χ0) is 15.5. The number of nitrogens with one attached hydrogen (secondary N) is 1. The van der Waals surface area contributed by atoms with Gasteiger partial charge >= 0.3 is 0 Å². The van der Waals surface area contributed by atoms with Crippen molar-refractivity contribution in [2.45, 2.75) is 18.4 Å². The highest BCUT2D eigenvalue weighted by Gasteiger charge is 2.14. The van der Waals surface area contributed by atoms with Crippen LogP contribution in [0.25, 0.3) is 0 Å². The van der Waals surface area contributed by atoms with E-state index in [1.807, 2.05) is 6.07 Å². The number of hydrogen-bond donors (Lipinski definition) is 2. The first-order chi connectivity index (χ1) is 9.90. The molecule has 5 nitrogen and oxygen atoms in total. The maximum atomic E-state index is 12.2. The molecule has 108 valence electrons. The van der Waals surface area contributed by atoms with Crippen molar-refractivity contribution in [2.24, 2.45) is 0 Å². The summed E-state index contributed by atoms with van der Waals surface area (Å²) in [5, 5.41) is 8.83. The second-order valence-electron chi connectivity index (χ2n) is 4.72. The molecule has 0 aromatic heterocycles. The standard InChI is InChI=1S/C15H15N3O2S/c1-11-5-14(17)8-15(6-11)21(19,20)18-10-13-4-2-3-12(7-13)9-16/h2-8,18H,10,17H2,1H3. The maximum Gasteiger partial charge on any atom is 0.240 e. The fraction of sp³-hybridized carbons (Fsp3) is 0.133. The second-order valence-corrected chi connectivity index (χ2v) is 6.48. The molecule has 0 radical (unpaired) electrons. The predicted octanol–water partition coefficient (Wildman–Crippen LogP) is 1.93. The number of nitrogens with two attached hydrogens (primary N) is 1. The van der Waals surface area contributed by atoms with Gasteiger partial charge in [-0.1, -0.05) is 12.1 Å². The van der Waals surface area contributed by atoms with Gasteiger partial charge in [0.05, 0.1) is 16.5 Å². The minimum Gasteiger partial charge on any atom is -0.399 e. The smallest absolute Gasteiger partial charge is 0.240 e. The van der Waals surface area contributed by atoms with E-state index in [9.17, 15) is 8.42 Å². The first-order valence-corrected chi connectivity index (χ1v) is 7.75. The van der Waals surface area contributed by atoms with Crippen molar-refractivity contribution in [2.75, 3.05) is 5.73 Å². The van der Waals surface area contributed by atoms with Crippen LogP contribution in [0.15, 0.2) is 47.4 Å². The highest BCUT2D eigenvalue weighted by Crippen LogP contribution is 2.16. The van der Waals surface area contributed by atoms with Gasteiger partial charge < -0.3 is 5.73 Å². The van der Waals surface area contributed by atoms with E-state index in [-0.39, 0.29) is 11.4 Å². The molecule has 2 aromatic carbocycles. The Morgan fingerprint density at radius 2 is 2.00 bits per heavy atom. The molecule has 2 aromatic rings. The average Bonchev–Trinajstić information content (AvgIpc) is 2.44. The molecule has 0 aliphatic heterocycles. The van der Waals surface area contributed by atoms with E-state index in [2.05, 4.69) is 4.72 Å². The molecule has 0 aliphatic carbocycles. The highest BCUT2D eigenvalue weighted by atomic mass is 32.2. The number of nitriles is 1. The lowest BCUT2D eigenvalue weighted by molar-refractivity contribution is 0.581. The first-order valence-electron chi connectivity index (χ1n) is 6.26. The van der Waals surface area contributed by atoms with E-state index >= 15 is 0 Å². The van der Waals surface area contributed by atoms with E-state index in [0.29, 0.717) is 11.3 Å². The molecular formula is C15H15N3O2S. The number of rotatable bonds is 4. The summed E-state index contributed by atoms with van der Waals surface area (Å²) in [6.45, 7) is 1.90. The van der Waals surface area contributed by atoms with Crippen LogP contribution in [0.3, 0.4) is 0 Å². The molecule has 0 unspecified atom stereocenters. The number of nitrogens with zero attached hydrogens (tertiary/aromatic N) is 1.